The molecule has 1 aliphatic heterocycles. The van der Waals surface area contributed by atoms with Crippen LogP contribution in [0.5, 0.6) is 5.75 Å². The number of halogens is 2. The first-order valence-corrected chi connectivity index (χ1v) is 8.63. The van der Waals surface area contributed by atoms with E-state index >= 15 is 0 Å². The molecule has 0 saturated carbocycles. The van der Waals surface area contributed by atoms with Crippen LogP contribution in [0.3, 0.4) is 0 Å². The van der Waals surface area contributed by atoms with Crippen LogP contribution in [-0.4, -0.2) is 30.6 Å². The van der Waals surface area contributed by atoms with Gasteiger partial charge in [0.05, 0.1) is 22.4 Å². The van der Waals surface area contributed by atoms with Crippen LogP contribution >= 0.6 is 23.2 Å². The van der Waals surface area contributed by atoms with E-state index in [0.29, 0.717) is 34.7 Å². The molecular weight excluding hydrogens is 335 g/mol. The van der Waals surface area contributed by atoms with Crippen LogP contribution in [0, 0.1) is 11.3 Å². The van der Waals surface area contributed by atoms with Crippen LogP contribution in [0.2, 0.25) is 10.0 Å². The summed E-state index contributed by atoms with van der Waals surface area (Å²) in [5.41, 5.74) is 4.76. The van der Waals surface area contributed by atoms with Crippen LogP contribution in [0.1, 0.15) is 39.2 Å². The van der Waals surface area contributed by atoms with Crippen molar-refractivity contribution in [2.24, 2.45) is 16.4 Å². The normalized spacial score (nSPS) is 18.3. The maximum atomic E-state index is 9.09. The molecule has 0 aromatic heterocycles. The Morgan fingerprint density at radius 3 is 2.57 bits per heavy atom. The van der Waals surface area contributed by atoms with E-state index in [1.165, 1.54) is 0 Å². The van der Waals surface area contributed by atoms with Gasteiger partial charge in [0.1, 0.15) is 0 Å². The van der Waals surface area contributed by atoms with Crippen LogP contribution in [0.15, 0.2) is 17.2 Å². The maximum Gasteiger partial charge on any atom is 0.156 e. The average Bonchev–Trinajstić information content (AvgIpc) is 2.46. The van der Waals surface area contributed by atoms with E-state index in [2.05, 4.69) is 17.5 Å². The zero-order valence-electron chi connectivity index (χ0n) is 13.8. The van der Waals surface area contributed by atoms with Gasteiger partial charge in [0, 0.05) is 30.0 Å². The molecule has 0 spiro atoms. The van der Waals surface area contributed by atoms with Gasteiger partial charge in [-0.1, -0.05) is 44.0 Å². The van der Waals surface area contributed by atoms with E-state index in [9.17, 15) is 0 Å². The van der Waals surface area contributed by atoms with E-state index in [1.807, 2.05) is 26.0 Å². The number of benzene rings is 1. The Morgan fingerprint density at radius 2 is 2.00 bits per heavy atom. The van der Waals surface area contributed by atoms with Crippen molar-refractivity contribution < 1.29 is 9.84 Å². The van der Waals surface area contributed by atoms with Crippen molar-refractivity contribution in [3.8, 4) is 5.75 Å². The molecule has 23 heavy (non-hydrogen) atoms. The summed E-state index contributed by atoms with van der Waals surface area (Å²) in [5.74, 6) is 0.846. The molecule has 1 heterocycles. The topological polar surface area (TPSA) is 53.9 Å². The number of aliphatic hydroxyl groups excluding tert-OH is 1. The number of hydrogen-bond acceptors (Lipinski definition) is 4. The monoisotopic (exact) mass is 358 g/mol. The van der Waals surface area contributed by atoms with Crippen molar-refractivity contribution in [2.75, 3.05) is 19.8 Å². The lowest BCUT2D eigenvalue weighted by atomic mass is 9.91. The molecule has 2 N–H and O–H groups in total. The van der Waals surface area contributed by atoms with E-state index < -0.39 is 0 Å². The standard InChI is InChI=1S/C17H24Cl2N2O2/c1-11-4-6-20-21-15(11)12-8-13(18)16(14(19)9-12)23-10-17(2,3)5-7-22/h8-9,11,20,22H,4-7,10H2,1-3H3. The Balaban J connectivity index is 2.19. The molecule has 0 amide bonds. The number of hydrazone groups is 1. The highest BCUT2D eigenvalue weighted by Gasteiger charge is 2.22. The molecule has 0 fully saturated rings. The summed E-state index contributed by atoms with van der Waals surface area (Å²) in [6, 6.07) is 3.70. The Kier molecular flexibility index (Phi) is 6.18. The van der Waals surface area contributed by atoms with Crippen LogP contribution in [0.25, 0.3) is 0 Å². The molecule has 0 aliphatic carbocycles. The highest BCUT2D eigenvalue weighted by atomic mass is 35.5. The Hall–Kier alpha value is -0.970. The molecule has 4 nitrogen and oxygen atoms in total. The maximum absolute atomic E-state index is 9.09. The molecule has 6 heteroatoms. The number of nitrogens with zero attached hydrogens (tertiary/aromatic N) is 1. The van der Waals surface area contributed by atoms with Crippen molar-refractivity contribution in [3.05, 3.63) is 27.7 Å². The third kappa shape index (κ3) is 4.75. The molecule has 0 saturated heterocycles. The fourth-order valence-corrected chi connectivity index (χ4v) is 3.10. The minimum absolute atomic E-state index is 0.126. The van der Waals surface area contributed by atoms with Gasteiger partial charge in [-0.15, -0.1) is 0 Å². The van der Waals surface area contributed by atoms with Gasteiger partial charge >= 0.3 is 0 Å². The predicted octanol–water partition coefficient (Wildman–Crippen LogP) is 4.11. The van der Waals surface area contributed by atoms with Crippen LogP contribution in [-0.2, 0) is 0 Å². The smallest absolute Gasteiger partial charge is 0.156 e. The van der Waals surface area contributed by atoms with Crippen LogP contribution in [0.4, 0.5) is 0 Å². The van der Waals surface area contributed by atoms with E-state index in [0.717, 1.165) is 24.2 Å². The zero-order chi connectivity index (χ0) is 17.0. The summed E-state index contributed by atoms with van der Waals surface area (Å²) in [7, 11) is 0. The molecule has 1 atom stereocenters. The molecule has 2 rings (SSSR count). The molecule has 1 aliphatic rings. The predicted molar refractivity (Wildman–Crippen MR) is 95.8 cm³/mol. The van der Waals surface area contributed by atoms with E-state index in [-0.39, 0.29) is 12.0 Å². The second-order valence-corrected chi connectivity index (χ2v) is 7.60. The van der Waals surface area contributed by atoms with E-state index in [1.54, 1.807) is 0 Å². The van der Waals surface area contributed by atoms with Crippen LogP contribution < -0.4 is 10.2 Å². The Labute approximate surface area is 147 Å². The molecule has 1 unspecified atom stereocenters. The summed E-state index contributed by atoms with van der Waals surface area (Å²) in [5, 5.41) is 14.4. The van der Waals surface area contributed by atoms with Gasteiger partial charge in [0.25, 0.3) is 0 Å². The molecule has 0 bridgehead atoms. The summed E-state index contributed by atoms with van der Waals surface area (Å²) < 4.78 is 5.82. The molecule has 1 aromatic rings. The second kappa shape index (κ2) is 7.73. The lowest BCUT2D eigenvalue weighted by Crippen LogP contribution is -2.27. The van der Waals surface area contributed by atoms with E-state index in [4.69, 9.17) is 33.0 Å². The minimum Gasteiger partial charge on any atom is -0.490 e. The molecule has 128 valence electrons. The fraction of sp³-hybridized carbons (Fsp3) is 0.588. The molecule has 1 aromatic carbocycles. The first kappa shape index (κ1) is 18.4. The highest BCUT2D eigenvalue weighted by molar-refractivity contribution is 6.37. The van der Waals surface area contributed by atoms with Crippen molar-refractivity contribution >= 4 is 28.9 Å². The zero-order valence-corrected chi connectivity index (χ0v) is 15.3. The van der Waals surface area contributed by atoms with Gasteiger partial charge in [-0.25, -0.2) is 0 Å². The number of rotatable bonds is 6. The van der Waals surface area contributed by atoms with Gasteiger partial charge in [0.2, 0.25) is 0 Å². The molecule has 0 radical (unpaired) electrons. The lowest BCUT2D eigenvalue weighted by Gasteiger charge is -2.25. The quantitative estimate of drug-likeness (QED) is 0.804. The third-order valence-corrected chi connectivity index (χ3v) is 4.61. The Bertz CT molecular complexity index is 565. The first-order chi connectivity index (χ1) is 10.8. The van der Waals surface area contributed by atoms with Crippen molar-refractivity contribution in [2.45, 2.75) is 33.6 Å². The molecular formula is C17H24Cl2N2O2. The highest BCUT2D eigenvalue weighted by Crippen LogP contribution is 2.36. The largest absolute Gasteiger partial charge is 0.490 e. The van der Waals surface area contributed by atoms with Gasteiger partial charge < -0.3 is 15.3 Å². The van der Waals surface area contributed by atoms with Gasteiger partial charge in [-0.05, 0) is 25.0 Å². The summed E-state index contributed by atoms with van der Waals surface area (Å²) >= 11 is 12.7. The summed E-state index contributed by atoms with van der Waals surface area (Å²) in [4.78, 5) is 0. The summed E-state index contributed by atoms with van der Waals surface area (Å²) in [6.07, 6.45) is 1.68. The van der Waals surface area contributed by atoms with Crippen molar-refractivity contribution in [1.82, 2.24) is 5.43 Å². The SMILES string of the molecule is CC1CCNN=C1c1cc(Cl)c(OCC(C)(C)CCO)c(Cl)c1. The average molecular weight is 359 g/mol. The second-order valence-electron chi connectivity index (χ2n) is 6.79. The van der Waals surface area contributed by atoms with Gasteiger partial charge in [-0.3, -0.25) is 0 Å². The van der Waals surface area contributed by atoms with Crippen molar-refractivity contribution in [3.63, 3.8) is 0 Å². The summed E-state index contributed by atoms with van der Waals surface area (Å²) in [6.45, 7) is 7.65. The van der Waals surface area contributed by atoms with Crippen molar-refractivity contribution in [1.29, 1.82) is 0 Å². The lowest BCUT2D eigenvalue weighted by molar-refractivity contribution is 0.137. The minimum atomic E-state index is -0.147. The van der Waals surface area contributed by atoms with Gasteiger partial charge in [-0.2, -0.15) is 5.10 Å². The van der Waals surface area contributed by atoms with Gasteiger partial charge in [0.15, 0.2) is 5.75 Å². The first-order valence-electron chi connectivity index (χ1n) is 7.87. The number of hydrogen-bond donors (Lipinski definition) is 2. The fourth-order valence-electron chi connectivity index (χ4n) is 2.51. The third-order valence-electron chi connectivity index (χ3n) is 4.05. The Morgan fingerprint density at radius 1 is 1.35 bits per heavy atom. The number of aliphatic hydroxyl groups is 1. The number of ether oxygens (including phenoxy) is 1. The number of nitrogens with one attached hydrogen (secondary N) is 1.